The van der Waals surface area contributed by atoms with E-state index >= 15 is 0 Å². The lowest BCUT2D eigenvalue weighted by atomic mass is 10.0. The van der Waals surface area contributed by atoms with Gasteiger partial charge in [0.2, 0.25) is 0 Å². The van der Waals surface area contributed by atoms with Crippen LogP contribution in [0.3, 0.4) is 0 Å². The summed E-state index contributed by atoms with van der Waals surface area (Å²) in [6.07, 6.45) is 14.5. The first-order valence-corrected chi connectivity index (χ1v) is 10.6. The molecule has 23 heavy (non-hydrogen) atoms. The molecule has 0 amide bonds. The molecule has 0 atom stereocenters. The molecule has 0 saturated carbocycles. The number of nitrogens with zero attached hydrogens (tertiary/aromatic N) is 2. The molecule has 2 nitrogen and oxygen atoms in total. The van der Waals surface area contributed by atoms with E-state index in [1.54, 1.807) is 0 Å². The van der Waals surface area contributed by atoms with E-state index in [4.69, 9.17) is 0 Å². The molecule has 1 aliphatic heterocycles. The summed E-state index contributed by atoms with van der Waals surface area (Å²) in [7, 11) is 0. The molecule has 0 aromatic carbocycles. The van der Waals surface area contributed by atoms with Crippen molar-refractivity contribution in [3.63, 3.8) is 0 Å². The molecule has 0 unspecified atom stereocenters. The van der Waals surface area contributed by atoms with Gasteiger partial charge in [-0.3, -0.25) is 4.90 Å². The number of hydrogen-bond donors (Lipinski definition) is 0. The second kappa shape index (κ2) is 13.2. The Hall–Kier alpha value is -0.0800. The smallest absolute Gasteiger partial charge is 0.0113 e. The lowest BCUT2D eigenvalue weighted by Crippen LogP contribution is -2.48. The van der Waals surface area contributed by atoms with Gasteiger partial charge in [-0.05, 0) is 32.7 Å². The fraction of sp³-hybridized carbons (Fsp3) is 1.00. The van der Waals surface area contributed by atoms with Gasteiger partial charge in [0.25, 0.3) is 0 Å². The van der Waals surface area contributed by atoms with Crippen molar-refractivity contribution >= 4 is 0 Å². The Labute approximate surface area is 147 Å². The van der Waals surface area contributed by atoms with Gasteiger partial charge in [0, 0.05) is 32.2 Å². The van der Waals surface area contributed by atoms with Gasteiger partial charge in [0.15, 0.2) is 0 Å². The summed E-state index contributed by atoms with van der Waals surface area (Å²) in [4.78, 5) is 5.28. The van der Waals surface area contributed by atoms with Gasteiger partial charge in [-0.2, -0.15) is 0 Å². The Morgan fingerprint density at radius 2 is 1.09 bits per heavy atom. The molecule has 0 bridgehead atoms. The zero-order valence-electron chi connectivity index (χ0n) is 16.7. The van der Waals surface area contributed by atoms with Crippen LogP contribution in [0.25, 0.3) is 0 Å². The molecule has 1 aliphatic rings. The van der Waals surface area contributed by atoms with Crippen LogP contribution in [0.4, 0.5) is 0 Å². The summed E-state index contributed by atoms with van der Waals surface area (Å²) in [5.74, 6) is 0.892. The molecule has 0 aromatic rings. The normalized spacial score (nSPS) is 17.5. The summed E-state index contributed by atoms with van der Waals surface area (Å²) in [5, 5.41) is 0. The number of piperazine rings is 1. The minimum atomic E-state index is 0.725. The molecular formula is C21H44N2. The molecule has 0 aromatic heterocycles. The van der Waals surface area contributed by atoms with E-state index in [9.17, 15) is 0 Å². The average molecular weight is 325 g/mol. The molecule has 1 heterocycles. The highest BCUT2D eigenvalue weighted by molar-refractivity contribution is 4.74. The number of unbranched alkanes of at least 4 members (excludes halogenated alkanes) is 8. The Morgan fingerprint density at radius 3 is 1.57 bits per heavy atom. The molecule has 138 valence electrons. The molecule has 0 N–H and O–H groups in total. The Balaban J connectivity index is 1.80. The number of rotatable bonds is 13. The second-order valence-corrected chi connectivity index (χ2v) is 8.34. The largest absolute Gasteiger partial charge is 0.301 e. The minimum Gasteiger partial charge on any atom is -0.301 e. The van der Waals surface area contributed by atoms with Crippen molar-refractivity contribution in [1.82, 2.24) is 9.80 Å². The third-order valence-electron chi connectivity index (χ3n) is 5.39. The van der Waals surface area contributed by atoms with Crippen LogP contribution in [0.1, 0.15) is 91.9 Å². The summed E-state index contributed by atoms with van der Waals surface area (Å²) in [6, 6.07) is 0.725. The Bertz CT molecular complexity index is 255. The van der Waals surface area contributed by atoms with Crippen LogP contribution >= 0.6 is 0 Å². The van der Waals surface area contributed by atoms with E-state index in [0.717, 1.165) is 12.0 Å². The molecule has 0 aliphatic carbocycles. The third-order valence-corrected chi connectivity index (χ3v) is 5.39. The predicted molar refractivity (Wildman–Crippen MR) is 104 cm³/mol. The van der Waals surface area contributed by atoms with Crippen molar-refractivity contribution < 1.29 is 0 Å². The highest BCUT2D eigenvalue weighted by Crippen LogP contribution is 2.13. The summed E-state index contributed by atoms with van der Waals surface area (Å²) in [5.41, 5.74) is 0. The first kappa shape index (κ1) is 21.0. The summed E-state index contributed by atoms with van der Waals surface area (Å²) < 4.78 is 0. The Morgan fingerprint density at radius 1 is 0.609 bits per heavy atom. The van der Waals surface area contributed by atoms with Gasteiger partial charge in [-0.15, -0.1) is 0 Å². The van der Waals surface area contributed by atoms with Crippen molar-refractivity contribution in [2.24, 2.45) is 5.92 Å². The number of hydrogen-bond acceptors (Lipinski definition) is 2. The molecular weight excluding hydrogens is 280 g/mol. The molecule has 1 rings (SSSR count). The molecule has 0 radical (unpaired) electrons. The third kappa shape index (κ3) is 11.2. The van der Waals surface area contributed by atoms with Gasteiger partial charge in [-0.1, -0.05) is 71.6 Å². The van der Waals surface area contributed by atoms with Crippen molar-refractivity contribution in [2.75, 3.05) is 32.7 Å². The lowest BCUT2D eigenvalue weighted by Gasteiger charge is -2.36. The highest BCUT2D eigenvalue weighted by Gasteiger charge is 2.17. The van der Waals surface area contributed by atoms with Crippen LogP contribution in [-0.2, 0) is 0 Å². The van der Waals surface area contributed by atoms with Crippen LogP contribution < -0.4 is 0 Å². The van der Waals surface area contributed by atoms with Crippen LogP contribution in [0.15, 0.2) is 0 Å². The van der Waals surface area contributed by atoms with Crippen LogP contribution in [0.2, 0.25) is 0 Å². The summed E-state index contributed by atoms with van der Waals surface area (Å²) in [6.45, 7) is 15.8. The predicted octanol–water partition coefficient (Wildman–Crippen LogP) is 5.57. The SMILES string of the molecule is CC(C)CCCCCCCCCCCN1CCN(C(C)C)CC1. The van der Waals surface area contributed by atoms with Crippen molar-refractivity contribution in [3.05, 3.63) is 0 Å². The van der Waals surface area contributed by atoms with E-state index in [2.05, 4.69) is 37.5 Å². The van der Waals surface area contributed by atoms with Crippen molar-refractivity contribution in [1.29, 1.82) is 0 Å². The molecule has 2 heteroatoms. The van der Waals surface area contributed by atoms with Crippen molar-refractivity contribution in [3.8, 4) is 0 Å². The second-order valence-electron chi connectivity index (χ2n) is 8.34. The fourth-order valence-electron chi connectivity index (χ4n) is 3.63. The van der Waals surface area contributed by atoms with Crippen LogP contribution in [-0.4, -0.2) is 48.6 Å². The summed E-state index contributed by atoms with van der Waals surface area (Å²) >= 11 is 0. The van der Waals surface area contributed by atoms with Crippen LogP contribution in [0.5, 0.6) is 0 Å². The van der Waals surface area contributed by atoms with Gasteiger partial charge in [-0.25, -0.2) is 0 Å². The topological polar surface area (TPSA) is 6.48 Å². The van der Waals surface area contributed by atoms with Crippen LogP contribution in [0, 0.1) is 5.92 Å². The van der Waals surface area contributed by atoms with Gasteiger partial charge >= 0.3 is 0 Å². The Kier molecular flexibility index (Phi) is 12.1. The van der Waals surface area contributed by atoms with Gasteiger partial charge in [0.05, 0.1) is 0 Å². The van der Waals surface area contributed by atoms with E-state index in [0.29, 0.717) is 0 Å². The molecule has 1 saturated heterocycles. The first-order valence-electron chi connectivity index (χ1n) is 10.6. The molecule has 0 spiro atoms. The molecule has 1 fully saturated rings. The standard InChI is InChI=1S/C21H44N2/c1-20(2)14-12-10-8-6-5-7-9-11-13-15-22-16-18-23(19-17-22)21(3)4/h20-21H,5-19H2,1-4H3. The van der Waals surface area contributed by atoms with Crippen molar-refractivity contribution in [2.45, 2.75) is 97.9 Å². The maximum Gasteiger partial charge on any atom is 0.0113 e. The monoisotopic (exact) mass is 324 g/mol. The van der Waals surface area contributed by atoms with E-state index in [1.807, 2.05) is 0 Å². The van der Waals surface area contributed by atoms with Gasteiger partial charge in [0.1, 0.15) is 0 Å². The van der Waals surface area contributed by atoms with E-state index in [-0.39, 0.29) is 0 Å². The lowest BCUT2D eigenvalue weighted by molar-refractivity contribution is 0.107. The van der Waals surface area contributed by atoms with E-state index in [1.165, 1.54) is 96.9 Å². The first-order chi connectivity index (χ1) is 11.1. The van der Waals surface area contributed by atoms with E-state index < -0.39 is 0 Å². The fourth-order valence-corrected chi connectivity index (χ4v) is 3.63. The average Bonchev–Trinajstić information content (AvgIpc) is 2.52. The minimum absolute atomic E-state index is 0.725. The van der Waals surface area contributed by atoms with Gasteiger partial charge < -0.3 is 4.90 Å². The zero-order valence-corrected chi connectivity index (χ0v) is 16.7. The maximum atomic E-state index is 2.67. The maximum absolute atomic E-state index is 2.67. The quantitative estimate of drug-likeness (QED) is 0.409. The zero-order chi connectivity index (χ0) is 16.9. The highest BCUT2D eigenvalue weighted by atomic mass is 15.3.